The topological polar surface area (TPSA) is 68.6 Å². The van der Waals surface area contributed by atoms with Gasteiger partial charge in [-0.15, -0.1) is 0 Å². The maximum Gasteiger partial charge on any atom is 0.262 e. The van der Waals surface area contributed by atoms with Crippen molar-refractivity contribution < 1.29 is 4.79 Å². The highest BCUT2D eigenvalue weighted by atomic mass is 16.1. The van der Waals surface area contributed by atoms with E-state index in [1.807, 2.05) is 6.92 Å². The molecule has 5 heteroatoms. The number of nitrogens with zero attached hydrogens (tertiary/aromatic N) is 2. The quantitative estimate of drug-likeness (QED) is 0.563. The fraction of sp³-hybridized carbons (Fsp3) is 0.550. The lowest BCUT2D eigenvalue weighted by atomic mass is 9.95. The number of aliphatic imine (C=N–C) groups is 1. The van der Waals surface area contributed by atoms with E-state index in [0.29, 0.717) is 0 Å². The molecule has 2 rings (SSSR count). The first kappa shape index (κ1) is 19.3. The minimum atomic E-state index is -0.241. The molecule has 5 nitrogen and oxygen atoms in total. The number of unbranched alkanes of at least 4 members (excludes halogenated alkanes) is 1. The van der Waals surface area contributed by atoms with Crippen molar-refractivity contribution in [1.82, 2.24) is 10.2 Å². The maximum atomic E-state index is 11.7. The molecule has 0 aromatic heterocycles. The van der Waals surface area contributed by atoms with Gasteiger partial charge in [0.05, 0.1) is 6.21 Å². The second-order valence-corrected chi connectivity index (χ2v) is 6.81. The molecule has 0 fully saturated rings. The summed E-state index contributed by atoms with van der Waals surface area (Å²) in [5.41, 5.74) is 4.48. The molecule has 1 amide bonds. The average molecular weight is 342 g/mol. The van der Waals surface area contributed by atoms with Crippen molar-refractivity contribution >= 4 is 18.5 Å². The van der Waals surface area contributed by atoms with Crippen LogP contribution >= 0.6 is 0 Å². The summed E-state index contributed by atoms with van der Waals surface area (Å²) in [7, 11) is 0. The van der Waals surface area contributed by atoms with Crippen LogP contribution in [0.3, 0.4) is 0 Å². The normalized spacial score (nSPS) is 16.2. The Balaban J connectivity index is 2.01. The Hall–Kier alpha value is -2.01. The average Bonchev–Trinajstić information content (AvgIpc) is 2.80. The van der Waals surface area contributed by atoms with Crippen LogP contribution in [0, 0.1) is 5.41 Å². The van der Waals surface area contributed by atoms with Gasteiger partial charge in [-0.1, -0.05) is 31.5 Å². The standard InChI is InChI=1S/C20H30N4O/c1-3-4-7-17-8-5-9-18-10-6-11-24(14-19(17)18)13-16(2)23-20(25)12-22-15-21/h5,8-9,12,15-16,21H,3-4,6-7,10-11,13-14H2,1-2H3,(H,23,25)/b21-15?,22-12-/t16-/m0/s1. The SMILES string of the molecule is CCCCc1cccc2c1CN(C[C@H](C)NC(=O)/C=N\C=N)CCC2. The van der Waals surface area contributed by atoms with Crippen molar-refractivity contribution in [2.45, 2.75) is 58.5 Å². The van der Waals surface area contributed by atoms with Crippen LogP contribution in [0.15, 0.2) is 23.2 Å². The second-order valence-electron chi connectivity index (χ2n) is 6.81. The molecule has 1 heterocycles. The number of benzene rings is 1. The van der Waals surface area contributed by atoms with E-state index in [4.69, 9.17) is 5.41 Å². The second kappa shape index (κ2) is 10.1. The van der Waals surface area contributed by atoms with E-state index in [1.165, 1.54) is 29.5 Å². The molecule has 0 aliphatic carbocycles. The summed E-state index contributed by atoms with van der Waals surface area (Å²) >= 11 is 0. The van der Waals surface area contributed by atoms with Gasteiger partial charge >= 0.3 is 0 Å². The number of amides is 1. The Morgan fingerprint density at radius 1 is 1.48 bits per heavy atom. The van der Waals surface area contributed by atoms with Crippen molar-refractivity contribution in [3.63, 3.8) is 0 Å². The van der Waals surface area contributed by atoms with Gasteiger partial charge in [0.1, 0.15) is 6.34 Å². The highest BCUT2D eigenvalue weighted by Gasteiger charge is 2.19. The molecule has 25 heavy (non-hydrogen) atoms. The van der Waals surface area contributed by atoms with Crippen LogP contribution in [0.4, 0.5) is 0 Å². The van der Waals surface area contributed by atoms with Crippen molar-refractivity contribution in [3.8, 4) is 0 Å². The monoisotopic (exact) mass is 342 g/mol. The van der Waals surface area contributed by atoms with Crippen LogP contribution in [0.25, 0.3) is 0 Å². The smallest absolute Gasteiger partial charge is 0.262 e. The first-order valence-corrected chi connectivity index (χ1v) is 9.28. The zero-order valence-corrected chi connectivity index (χ0v) is 15.4. The van der Waals surface area contributed by atoms with Gasteiger partial charge in [0.2, 0.25) is 0 Å². The summed E-state index contributed by atoms with van der Waals surface area (Å²) in [6.45, 7) is 7.09. The molecule has 0 saturated heterocycles. The summed E-state index contributed by atoms with van der Waals surface area (Å²) < 4.78 is 0. The number of aryl methyl sites for hydroxylation is 2. The number of carbonyl (C=O) groups excluding carboxylic acids is 1. The molecule has 0 radical (unpaired) electrons. The molecule has 1 aromatic carbocycles. The summed E-state index contributed by atoms with van der Waals surface area (Å²) in [6, 6.07) is 6.80. The highest BCUT2D eigenvalue weighted by Crippen LogP contribution is 2.24. The van der Waals surface area contributed by atoms with E-state index in [-0.39, 0.29) is 11.9 Å². The van der Waals surface area contributed by atoms with E-state index in [2.05, 4.69) is 40.3 Å². The Morgan fingerprint density at radius 3 is 3.08 bits per heavy atom. The molecule has 1 atom stereocenters. The molecule has 0 unspecified atom stereocenters. The van der Waals surface area contributed by atoms with Crippen LogP contribution in [-0.2, 0) is 24.2 Å². The Labute approximate surface area is 151 Å². The van der Waals surface area contributed by atoms with E-state index in [9.17, 15) is 4.79 Å². The van der Waals surface area contributed by atoms with E-state index >= 15 is 0 Å². The maximum absolute atomic E-state index is 11.7. The molecule has 136 valence electrons. The number of fused-ring (bicyclic) bond motifs is 1. The van der Waals surface area contributed by atoms with Crippen molar-refractivity contribution in [2.24, 2.45) is 4.99 Å². The first-order valence-electron chi connectivity index (χ1n) is 9.28. The summed E-state index contributed by atoms with van der Waals surface area (Å²) in [5.74, 6) is -0.241. The van der Waals surface area contributed by atoms with Gasteiger partial charge in [0.15, 0.2) is 0 Å². The molecule has 0 bridgehead atoms. The number of carbonyl (C=O) groups is 1. The third-order valence-corrected chi connectivity index (χ3v) is 4.66. The first-order chi connectivity index (χ1) is 12.1. The van der Waals surface area contributed by atoms with Gasteiger partial charge in [0, 0.05) is 19.1 Å². The molecular formula is C20H30N4O. The number of rotatable bonds is 8. The lowest BCUT2D eigenvalue weighted by Gasteiger charge is -2.25. The molecule has 2 N–H and O–H groups in total. The van der Waals surface area contributed by atoms with Crippen LogP contribution in [-0.4, -0.2) is 42.5 Å². The fourth-order valence-electron chi connectivity index (χ4n) is 3.50. The van der Waals surface area contributed by atoms with Gasteiger partial charge in [0.25, 0.3) is 5.91 Å². The molecule has 0 saturated carbocycles. The van der Waals surface area contributed by atoms with Crippen molar-refractivity contribution in [3.05, 3.63) is 34.9 Å². The van der Waals surface area contributed by atoms with Crippen molar-refractivity contribution in [1.29, 1.82) is 5.41 Å². The number of nitrogens with one attached hydrogen (secondary N) is 2. The van der Waals surface area contributed by atoms with Crippen molar-refractivity contribution in [2.75, 3.05) is 13.1 Å². The van der Waals surface area contributed by atoms with Crippen LogP contribution in [0.1, 0.15) is 49.8 Å². The molecule has 0 spiro atoms. The minimum Gasteiger partial charge on any atom is -0.347 e. The largest absolute Gasteiger partial charge is 0.347 e. The minimum absolute atomic E-state index is 0.0500. The third kappa shape index (κ3) is 6.09. The Kier molecular flexibility index (Phi) is 7.79. The van der Waals surface area contributed by atoms with Crippen LogP contribution < -0.4 is 5.32 Å². The molecular weight excluding hydrogens is 312 g/mol. The lowest BCUT2D eigenvalue weighted by Crippen LogP contribution is -2.42. The lowest BCUT2D eigenvalue weighted by molar-refractivity contribution is -0.115. The van der Waals surface area contributed by atoms with Gasteiger partial charge in [-0.3, -0.25) is 15.1 Å². The van der Waals surface area contributed by atoms with E-state index in [1.54, 1.807) is 0 Å². The Morgan fingerprint density at radius 2 is 2.32 bits per heavy atom. The third-order valence-electron chi connectivity index (χ3n) is 4.66. The van der Waals surface area contributed by atoms with E-state index < -0.39 is 0 Å². The molecule has 1 aromatic rings. The fourth-order valence-corrected chi connectivity index (χ4v) is 3.50. The summed E-state index contributed by atoms with van der Waals surface area (Å²) in [6.07, 6.45) is 7.92. The zero-order valence-electron chi connectivity index (χ0n) is 15.4. The zero-order chi connectivity index (χ0) is 18.1. The van der Waals surface area contributed by atoms with Gasteiger partial charge in [-0.25, -0.2) is 4.99 Å². The highest BCUT2D eigenvalue weighted by molar-refractivity contribution is 6.27. The predicted molar refractivity (Wildman–Crippen MR) is 104 cm³/mol. The number of hydrogen-bond donors (Lipinski definition) is 2. The Bertz CT molecular complexity index is 612. The number of hydrogen-bond acceptors (Lipinski definition) is 3. The van der Waals surface area contributed by atoms with Gasteiger partial charge in [-0.05, 0) is 55.8 Å². The molecule has 1 aliphatic rings. The van der Waals surface area contributed by atoms with E-state index in [0.717, 1.165) is 51.4 Å². The van der Waals surface area contributed by atoms with Crippen LogP contribution in [0.5, 0.6) is 0 Å². The summed E-state index contributed by atoms with van der Waals surface area (Å²) in [5, 5.41) is 9.76. The summed E-state index contributed by atoms with van der Waals surface area (Å²) in [4.78, 5) is 17.7. The van der Waals surface area contributed by atoms with Gasteiger partial charge in [-0.2, -0.15) is 0 Å². The van der Waals surface area contributed by atoms with Crippen LogP contribution in [0.2, 0.25) is 0 Å². The predicted octanol–water partition coefficient (Wildman–Crippen LogP) is 2.96. The van der Waals surface area contributed by atoms with Gasteiger partial charge < -0.3 is 5.32 Å². The molecule has 1 aliphatic heterocycles.